The number of aromatic nitrogens is 2. The van der Waals surface area contributed by atoms with Crippen LogP contribution in [0.3, 0.4) is 0 Å². The van der Waals surface area contributed by atoms with E-state index in [1.54, 1.807) is 10.7 Å². The number of esters is 1. The highest BCUT2D eigenvalue weighted by atomic mass is 16.6. The summed E-state index contributed by atoms with van der Waals surface area (Å²) < 4.78 is 11.4. The average molecular weight is 246 g/mol. The number of rotatable bonds is 4. The molecule has 0 aliphatic rings. The van der Waals surface area contributed by atoms with E-state index in [4.69, 9.17) is 4.74 Å². The predicted octanol–water partition coefficient (Wildman–Crippen LogP) is 1.64. The van der Waals surface area contributed by atoms with Crippen molar-refractivity contribution in [1.29, 1.82) is 0 Å². The van der Waals surface area contributed by atoms with E-state index >= 15 is 0 Å². The summed E-state index contributed by atoms with van der Waals surface area (Å²) in [5.74, 6) is -0.0244. The predicted molar refractivity (Wildman–Crippen MR) is 66.2 cm³/mol. The minimum Gasteiger partial charge on any atom is -0.466 e. The molecule has 2 aromatic rings. The molecule has 1 heterocycles. The summed E-state index contributed by atoms with van der Waals surface area (Å²) in [5.41, 5.74) is 1.97. The Morgan fingerprint density at radius 1 is 1.33 bits per heavy atom. The molecule has 0 bridgehead atoms. The molecule has 0 saturated carbocycles. The van der Waals surface area contributed by atoms with Crippen LogP contribution in [0.2, 0.25) is 0 Å². The summed E-state index contributed by atoms with van der Waals surface area (Å²) in [6, 6.07) is 11.6. The number of ether oxygens (including phenoxy) is 2. The summed E-state index contributed by atoms with van der Waals surface area (Å²) in [6.45, 7) is -0.137. The van der Waals surface area contributed by atoms with Gasteiger partial charge in [-0.25, -0.2) is 4.79 Å². The van der Waals surface area contributed by atoms with Gasteiger partial charge in [-0.1, -0.05) is 30.3 Å². The zero-order valence-electron chi connectivity index (χ0n) is 10.3. The fourth-order valence-electron chi connectivity index (χ4n) is 1.58. The second-order valence-electron chi connectivity index (χ2n) is 3.72. The second kappa shape index (κ2) is 5.35. The van der Waals surface area contributed by atoms with E-state index in [0.717, 1.165) is 11.3 Å². The first kappa shape index (κ1) is 12.2. The molecular formula is C13H14N2O3. The normalized spacial score (nSPS) is 10.1. The third-order valence-electron chi connectivity index (χ3n) is 2.49. The van der Waals surface area contributed by atoms with E-state index in [-0.39, 0.29) is 6.61 Å². The highest BCUT2D eigenvalue weighted by Crippen LogP contribution is 2.22. The summed E-state index contributed by atoms with van der Waals surface area (Å²) >= 11 is 0. The number of hydrogen-bond donors (Lipinski definition) is 0. The van der Waals surface area contributed by atoms with Crippen LogP contribution >= 0.6 is 0 Å². The fourth-order valence-corrected chi connectivity index (χ4v) is 1.58. The quantitative estimate of drug-likeness (QED) is 0.769. The molecule has 0 radical (unpaired) electrons. The van der Waals surface area contributed by atoms with Gasteiger partial charge in [-0.05, 0) is 5.56 Å². The van der Waals surface area contributed by atoms with Crippen molar-refractivity contribution in [3.8, 4) is 17.1 Å². The monoisotopic (exact) mass is 246 g/mol. The van der Waals surface area contributed by atoms with Gasteiger partial charge in [0, 0.05) is 13.1 Å². The van der Waals surface area contributed by atoms with E-state index < -0.39 is 5.97 Å². The van der Waals surface area contributed by atoms with Crippen LogP contribution in [0.15, 0.2) is 36.4 Å². The number of hydrogen-bond acceptors (Lipinski definition) is 4. The number of carbonyl (C=O) groups excluding carboxylic acids is 1. The van der Waals surface area contributed by atoms with E-state index in [9.17, 15) is 4.79 Å². The molecule has 0 amide bonds. The van der Waals surface area contributed by atoms with Crippen LogP contribution < -0.4 is 4.74 Å². The van der Waals surface area contributed by atoms with Crippen molar-refractivity contribution in [3.05, 3.63) is 36.4 Å². The Balaban J connectivity index is 2.15. The zero-order valence-corrected chi connectivity index (χ0v) is 10.3. The van der Waals surface area contributed by atoms with Gasteiger partial charge in [0.15, 0.2) is 6.61 Å². The van der Waals surface area contributed by atoms with Crippen molar-refractivity contribution >= 4 is 5.97 Å². The lowest BCUT2D eigenvalue weighted by Crippen LogP contribution is -2.12. The number of methoxy groups -OCH3 is 1. The molecule has 1 aromatic heterocycles. The number of aryl methyl sites for hydroxylation is 1. The molecule has 0 spiro atoms. The fraction of sp³-hybridized carbons (Fsp3) is 0.231. The maximum absolute atomic E-state index is 11.0. The molecule has 5 nitrogen and oxygen atoms in total. The van der Waals surface area contributed by atoms with Gasteiger partial charge in [0.1, 0.15) is 0 Å². The average Bonchev–Trinajstić information content (AvgIpc) is 2.78. The molecule has 0 fully saturated rings. The Labute approximate surface area is 105 Å². The van der Waals surface area contributed by atoms with Crippen molar-refractivity contribution in [2.45, 2.75) is 0 Å². The Bertz CT molecular complexity index is 534. The molecule has 1 aromatic carbocycles. The summed E-state index contributed by atoms with van der Waals surface area (Å²) in [4.78, 5) is 11.0. The van der Waals surface area contributed by atoms with Crippen LogP contribution in [-0.2, 0) is 16.6 Å². The van der Waals surface area contributed by atoms with Crippen LogP contribution in [0.5, 0.6) is 5.88 Å². The third kappa shape index (κ3) is 2.68. The highest BCUT2D eigenvalue weighted by molar-refractivity contribution is 5.71. The Kier molecular flexibility index (Phi) is 3.62. The highest BCUT2D eigenvalue weighted by Gasteiger charge is 2.09. The van der Waals surface area contributed by atoms with Crippen molar-refractivity contribution in [2.75, 3.05) is 13.7 Å². The number of nitrogens with zero attached hydrogens (tertiary/aromatic N) is 2. The lowest BCUT2D eigenvalue weighted by Gasteiger charge is -1.99. The van der Waals surface area contributed by atoms with E-state index in [0.29, 0.717) is 5.88 Å². The van der Waals surface area contributed by atoms with Gasteiger partial charge >= 0.3 is 5.97 Å². The van der Waals surface area contributed by atoms with Gasteiger partial charge in [-0.15, -0.1) is 5.10 Å². The van der Waals surface area contributed by atoms with Gasteiger partial charge < -0.3 is 9.47 Å². The third-order valence-corrected chi connectivity index (χ3v) is 2.49. The lowest BCUT2D eigenvalue weighted by molar-refractivity contribution is -0.143. The van der Waals surface area contributed by atoms with Gasteiger partial charge in [-0.3, -0.25) is 4.68 Å². The zero-order chi connectivity index (χ0) is 13.0. The van der Waals surface area contributed by atoms with Gasteiger partial charge in [0.2, 0.25) is 5.88 Å². The summed E-state index contributed by atoms with van der Waals surface area (Å²) in [6.07, 6.45) is 0. The van der Waals surface area contributed by atoms with Gasteiger partial charge in [-0.2, -0.15) is 0 Å². The Morgan fingerprint density at radius 3 is 2.72 bits per heavy atom. The minimum atomic E-state index is -0.429. The van der Waals surface area contributed by atoms with Crippen molar-refractivity contribution in [2.24, 2.45) is 7.05 Å². The molecule has 0 atom stereocenters. The largest absolute Gasteiger partial charge is 0.466 e. The van der Waals surface area contributed by atoms with Crippen LogP contribution in [0.4, 0.5) is 0 Å². The van der Waals surface area contributed by atoms with Crippen LogP contribution in [0.1, 0.15) is 0 Å². The first-order valence-corrected chi connectivity index (χ1v) is 5.50. The van der Waals surface area contributed by atoms with Crippen molar-refractivity contribution < 1.29 is 14.3 Å². The molecule has 2 rings (SSSR count). The number of carbonyl (C=O) groups is 1. The smallest absolute Gasteiger partial charge is 0.343 e. The minimum absolute atomic E-state index is 0.137. The molecular weight excluding hydrogens is 232 g/mol. The molecule has 0 unspecified atom stereocenters. The standard InChI is InChI=1S/C13H14N2O3/c1-15-11(10-6-4-3-5-7-10)8-12(14-15)18-9-13(16)17-2/h3-8H,9H2,1-2H3. The molecule has 0 aliphatic heterocycles. The second-order valence-corrected chi connectivity index (χ2v) is 3.72. The van der Waals surface area contributed by atoms with Crippen LogP contribution in [0, 0.1) is 0 Å². The molecule has 0 saturated heterocycles. The molecule has 0 aliphatic carbocycles. The molecule has 18 heavy (non-hydrogen) atoms. The number of benzene rings is 1. The van der Waals surface area contributed by atoms with Crippen molar-refractivity contribution in [1.82, 2.24) is 9.78 Å². The van der Waals surface area contributed by atoms with Crippen LogP contribution in [-0.4, -0.2) is 29.5 Å². The maximum atomic E-state index is 11.0. The molecule has 5 heteroatoms. The Morgan fingerprint density at radius 2 is 2.06 bits per heavy atom. The van der Waals surface area contributed by atoms with E-state index in [1.807, 2.05) is 37.4 Å². The maximum Gasteiger partial charge on any atom is 0.343 e. The van der Waals surface area contributed by atoms with Gasteiger partial charge in [0.05, 0.1) is 12.8 Å². The Hall–Kier alpha value is -2.30. The van der Waals surface area contributed by atoms with Crippen molar-refractivity contribution in [3.63, 3.8) is 0 Å². The summed E-state index contributed by atoms with van der Waals surface area (Å²) in [5, 5.41) is 4.18. The topological polar surface area (TPSA) is 53.4 Å². The summed E-state index contributed by atoms with van der Waals surface area (Å²) in [7, 11) is 3.15. The van der Waals surface area contributed by atoms with E-state index in [2.05, 4.69) is 9.84 Å². The lowest BCUT2D eigenvalue weighted by atomic mass is 10.1. The van der Waals surface area contributed by atoms with Crippen LogP contribution in [0.25, 0.3) is 11.3 Å². The van der Waals surface area contributed by atoms with E-state index in [1.165, 1.54) is 7.11 Å². The molecule has 94 valence electrons. The van der Waals surface area contributed by atoms with Gasteiger partial charge in [0.25, 0.3) is 0 Å². The first-order valence-electron chi connectivity index (χ1n) is 5.50. The SMILES string of the molecule is COC(=O)COc1cc(-c2ccccc2)n(C)n1. The molecule has 0 N–H and O–H groups in total. The first-order chi connectivity index (χ1) is 8.70.